The number of piperidine rings is 1. The molecule has 2 nitrogen and oxygen atoms in total. The van der Waals surface area contributed by atoms with Gasteiger partial charge in [0, 0.05) is 31.0 Å². The largest absolute Gasteiger partial charge is 0.299 e. The lowest BCUT2D eigenvalue weighted by Crippen LogP contribution is -2.50. The van der Waals surface area contributed by atoms with E-state index in [1.54, 1.807) is 0 Å². The van der Waals surface area contributed by atoms with Crippen molar-refractivity contribution in [1.29, 1.82) is 0 Å². The van der Waals surface area contributed by atoms with Crippen LogP contribution in [0, 0.1) is 5.92 Å². The Bertz CT molecular complexity index is 202. The molecule has 1 aliphatic heterocycles. The summed E-state index contributed by atoms with van der Waals surface area (Å²) in [6.07, 6.45) is 3.22. The molecule has 0 saturated carbocycles. The molecule has 3 atom stereocenters. The van der Waals surface area contributed by atoms with Gasteiger partial charge in [-0.3, -0.25) is 9.69 Å². The minimum absolute atomic E-state index is 0.225. The maximum atomic E-state index is 11.5. The average molecular weight is 197 g/mol. The molecule has 0 amide bonds. The SMILES string of the molecule is CCCC(C)N1CCC(=O)C(C)C1C. The number of ketones is 1. The Balaban J connectivity index is 2.58. The van der Waals surface area contributed by atoms with Gasteiger partial charge >= 0.3 is 0 Å². The van der Waals surface area contributed by atoms with Crippen LogP contribution in [0.5, 0.6) is 0 Å². The third kappa shape index (κ3) is 2.35. The molecule has 2 heteroatoms. The zero-order valence-electron chi connectivity index (χ0n) is 9.92. The van der Waals surface area contributed by atoms with Gasteiger partial charge in [-0.2, -0.15) is 0 Å². The Labute approximate surface area is 87.7 Å². The van der Waals surface area contributed by atoms with E-state index in [1.807, 2.05) is 0 Å². The monoisotopic (exact) mass is 197 g/mol. The van der Waals surface area contributed by atoms with Crippen molar-refractivity contribution in [3.63, 3.8) is 0 Å². The van der Waals surface area contributed by atoms with Crippen LogP contribution in [0.1, 0.15) is 47.0 Å². The van der Waals surface area contributed by atoms with E-state index in [0.717, 1.165) is 13.0 Å². The fourth-order valence-electron chi connectivity index (χ4n) is 2.43. The minimum atomic E-state index is 0.225. The molecule has 14 heavy (non-hydrogen) atoms. The molecule has 1 fully saturated rings. The lowest BCUT2D eigenvalue weighted by molar-refractivity contribution is -0.128. The fraction of sp³-hybridized carbons (Fsp3) is 0.917. The molecule has 0 N–H and O–H groups in total. The Hall–Kier alpha value is -0.370. The zero-order valence-corrected chi connectivity index (χ0v) is 9.92. The predicted octanol–water partition coefficient (Wildman–Crippen LogP) is 2.47. The van der Waals surface area contributed by atoms with Gasteiger partial charge in [-0.1, -0.05) is 20.3 Å². The Kier molecular flexibility index (Phi) is 4.11. The average Bonchev–Trinajstić information content (AvgIpc) is 2.15. The highest BCUT2D eigenvalue weighted by Crippen LogP contribution is 2.23. The van der Waals surface area contributed by atoms with Crippen LogP contribution >= 0.6 is 0 Å². The van der Waals surface area contributed by atoms with E-state index in [0.29, 0.717) is 17.9 Å². The van der Waals surface area contributed by atoms with Crippen molar-refractivity contribution in [2.24, 2.45) is 5.92 Å². The smallest absolute Gasteiger partial charge is 0.138 e. The first-order chi connectivity index (χ1) is 6.57. The van der Waals surface area contributed by atoms with Gasteiger partial charge in [0.2, 0.25) is 0 Å². The molecule has 0 aliphatic carbocycles. The number of carbonyl (C=O) groups is 1. The molecular weight excluding hydrogens is 174 g/mol. The van der Waals surface area contributed by atoms with Crippen molar-refractivity contribution in [3.05, 3.63) is 0 Å². The summed E-state index contributed by atoms with van der Waals surface area (Å²) in [6, 6.07) is 1.06. The molecule has 0 radical (unpaired) electrons. The van der Waals surface area contributed by atoms with E-state index in [9.17, 15) is 4.79 Å². The molecule has 1 saturated heterocycles. The van der Waals surface area contributed by atoms with Gasteiger partial charge in [0.15, 0.2) is 0 Å². The fourth-order valence-corrected chi connectivity index (χ4v) is 2.43. The number of nitrogens with zero attached hydrogens (tertiary/aromatic N) is 1. The van der Waals surface area contributed by atoms with E-state index in [2.05, 4.69) is 32.6 Å². The standard InChI is InChI=1S/C12H23NO/c1-5-6-9(2)13-8-7-12(14)10(3)11(13)4/h9-11H,5-8H2,1-4H3. The summed E-state index contributed by atoms with van der Waals surface area (Å²) in [6.45, 7) is 9.72. The normalized spacial score (nSPS) is 31.9. The van der Waals surface area contributed by atoms with Crippen LogP contribution in [0.4, 0.5) is 0 Å². The van der Waals surface area contributed by atoms with Crippen LogP contribution < -0.4 is 0 Å². The van der Waals surface area contributed by atoms with Crippen molar-refractivity contribution in [2.45, 2.75) is 59.0 Å². The van der Waals surface area contributed by atoms with Crippen LogP contribution in [0.2, 0.25) is 0 Å². The van der Waals surface area contributed by atoms with Gasteiger partial charge in [-0.15, -0.1) is 0 Å². The number of carbonyl (C=O) groups excluding carboxylic acids is 1. The highest BCUT2D eigenvalue weighted by molar-refractivity contribution is 5.82. The van der Waals surface area contributed by atoms with Crippen LogP contribution in [-0.4, -0.2) is 29.3 Å². The maximum absolute atomic E-state index is 11.5. The Morgan fingerprint density at radius 3 is 2.71 bits per heavy atom. The summed E-state index contributed by atoms with van der Waals surface area (Å²) in [5.41, 5.74) is 0. The number of likely N-dealkylation sites (tertiary alicyclic amines) is 1. The quantitative estimate of drug-likeness (QED) is 0.692. The number of Topliss-reactive ketones (excluding diaryl/α,β-unsaturated/α-hetero) is 1. The first kappa shape index (κ1) is 11.7. The first-order valence-electron chi connectivity index (χ1n) is 5.86. The third-order valence-electron chi connectivity index (χ3n) is 3.64. The second kappa shape index (κ2) is 4.92. The van der Waals surface area contributed by atoms with Crippen molar-refractivity contribution >= 4 is 5.78 Å². The molecular formula is C12H23NO. The van der Waals surface area contributed by atoms with Gasteiger partial charge < -0.3 is 0 Å². The summed E-state index contributed by atoms with van der Waals surface area (Å²) in [5.74, 6) is 0.667. The number of hydrogen-bond donors (Lipinski definition) is 0. The number of hydrogen-bond acceptors (Lipinski definition) is 2. The summed E-state index contributed by atoms with van der Waals surface area (Å²) in [7, 11) is 0. The second-order valence-corrected chi connectivity index (χ2v) is 4.62. The summed E-state index contributed by atoms with van der Waals surface area (Å²) in [4.78, 5) is 14.0. The topological polar surface area (TPSA) is 20.3 Å². The van der Waals surface area contributed by atoms with Crippen molar-refractivity contribution in [1.82, 2.24) is 4.90 Å². The number of rotatable bonds is 3. The summed E-state index contributed by atoms with van der Waals surface area (Å²) < 4.78 is 0. The Morgan fingerprint density at radius 1 is 1.50 bits per heavy atom. The molecule has 1 heterocycles. The van der Waals surface area contributed by atoms with E-state index in [1.165, 1.54) is 12.8 Å². The van der Waals surface area contributed by atoms with Gasteiger partial charge in [0.1, 0.15) is 5.78 Å². The lowest BCUT2D eigenvalue weighted by atomic mass is 9.89. The molecule has 0 aromatic rings. The van der Waals surface area contributed by atoms with Gasteiger partial charge in [0.25, 0.3) is 0 Å². The molecule has 1 rings (SSSR count). The molecule has 1 aliphatic rings. The van der Waals surface area contributed by atoms with Crippen LogP contribution in [0.15, 0.2) is 0 Å². The summed E-state index contributed by atoms with van der Waals surface area (Å²) in [5, 5.41) is 0. The highest BCUT2D eigenvalue weighted by atomic mass is 16.1. The van der Waals surface area contributed by atoms with E-state index < -0.39 is 0 Å². The van der Waals surface area contributed by atoms with Gasteiger partial charge in [-0.05, 0) is 20.3 Å². The zero-order chi connectivity index (χ0) is 10.7. The van der Waals surface area contributed by atoms with Crippen LogP contribution in [0.25, 0.3) is 0 Å². The molecule has 3 unspecified atom stereocenters. The first-order valence-corrected chi connectivity index (χ1v) is 5.86. The molecule has 0 spiro atoms. The second-order valence-electron chi connectivity index (χ2n) is 4.62. The predicted molar refractivity (Wildman–Crippen MR) is 59.3 cm³/mol. The lowest BCUT2D eigenvalue weighted by Gasteiger charge is -2.40. The third-order valence-corrected chi connectivity index (χ3v) is 3.64. The van der Waals surface area contributed by atoms with Crippen LogP contribution in [-0.2, 0) is 4.79 Å². The van der Waals surface area contributed by atoms with Gasteiger partial charge in [0.05, 0.1) is 0 Å². The molecule has 0 aromatic carbocycles. The van der Waals surface area contributed by atoms with Crippen LogP contribution in [0.3, 0.4) is 0 Å². The minimum Gasteiger partial charge on any atom is -0.299 e. The van der Waals surface area contributed by atoms with Crippen molar-refractivity contribution < 1.29 is 4.79 Å². The Morgan fingerprint density at radius 2 is 2.14 bits per heavy atom. The van der Waals surface area contributed by atoms with Crippen molar-refractivity contribution in [2.75, 3.05) is 6.54 Å². The molecule has 0 aromatic heterocycles. The van der Waals surface area contributed by atoms with E-state index in [-0.39, 0.29) is 5.92 Å². The van der Waals surface area contributed by atoms with Gasteiger partial charge in [-0.25, -0.2) is 0 Å². The van der Waals surface area contributed by atoms with E-state index >= 15 is 0 Å². The van der Waals surface area contributed by atoms with Crippen molar-refractivity contribution in [3.8, 4) is 0 Å². The highest BCUT2D eigenvalue weighted by Gasteiger charge is 2.32. The van der Waals surface area contributed by atoms with E-state index in [4.69, 9.17) is 0 Å². The summed E-state index contributed by atoms with van der Waals surface area (Å²) >= 11 is 0. The maximum Gasteiger partial charge on any atom is 0.138 e. The molecule has 82 valence electrons. The molecule has 0 bridgehead atoms.